The van der Waals surface area contributed by atoms with E-state index in [1.165, 1.54) is 6.20 Å². The van der Waals surface area contributed by atoms with E-state index in [2.05, 4.69) is 0 Å². The van der Waals surface area contributed by atoms with Gasteiger partial charge in [0, 0.05) is 17.9 Å². The lowest BCUT2D eigenvalue weighted by Gasteiger charge is -2.05. The van der Waals surface area contributed by atoms with Gasteiger partial charge in [-0.25, -0.2) is 0 Å². The third-order valence-corrected chi connectivity index (χ3v) is 3.44. The zero-order chi connectivity index (χ0) is 12.6. The van der Waals surface area contributed by atoms with Crippen molar-refractivity contribution in [1.82, 2.24) is 0 Å². The lowest BCUT2D eigenvalue weighted by molar-refractivity contribution is -0.645. The van der Waals surface area contributed by atoms with Crippen molar-refractivity contribution in [2.75, 3.05) is 12.4 Å². The molecule has 1 aromatic heterocycles. The highest BCUT2D eigenvalue weighted by molar-refractivity contribution is 7.99. The minimum absolute atomic E-state index is 0.669. The van der Waals surface area contributed by atoms with Crippen LogP contribution < -0.4 is 9.47 Å². The van der Waals surface area contributed by atoms with Gasteiger partial charge in [0.05, 0.1) is 6.61 Å². The average Bonchev–Trinajstić information content (AvgIpc) is 2.42. The van der Waals surface area contributed by atoms with Gasteiger partial charge in [-0.05, 0) is 24.6 Å². The van der Waals surface area contributed by atoms with E-state index >= 15 is 0 Å². The topological polar surface area (TPSA) is 36.2 Å². The summed E-state index contributed by atoms with van der Waals surface area (Å²) in [4.78, 5) is 0. The lowest BCUT2D eigenvalue weighted by Crippen LogP contribution is -2.27. The molecule has 94 valence electrons. The number of benzene rings is 1. The molecule has 0 saturated carbocycles. The van der Waals surface area contributed by atoms with E-state index in [0.717, 1.165) is 27.7 Å². The molecule has 1 heterocycles. The van der Waals surface area contributed by atoms with E-state index < -0.39 is 0 Å². The lowest BCUT2D eigenvalue weighted by atomic mass is 10.3. The van der Waals surface area contributed by atoms with Gasteiger partial charge in [-0.3, -0.25) is 0 Å². The van der Waals surface area contributed by atoms with Crippen molar-refractivity contribution in [3.8, 4) is 5.75 Å². The van der Waals surface area contributed by atoms with Crippen LogP contribution in [0.5, 0.6) is 5.75 Å². The fourth-order valence-electron chi connectivity index (χ4n) is 1.47. The van der Waals surface area contributed by atoms with Gasteiger partial charge in [0.25, 0.3) is 5.03 Å². The Morgan fingerprint density at radius 3 is 2.61 bits per heavy atom. The highest BCUT2D eigenvalue weighted by Crippen LogP contribution is 2.14. The Morgan fingerprint density at radius 2 is 1.83 bits per heavy atom. The van der Waals surface area contributed by atoms with Crippen molar-refractivity contribution in [2.45, 2.75) is 11.4 Å². The molecule has 1 aromatic carbocycles. The Kier molecular flexibility index (Phi) is 4.90. The Bertz CT molecular complexity index is 476. The molecule has 0 amide bonds. The highest BCUT2D eigenvalue weighted by atomic mass is 32.2. The molecule has 0 bridgehead atoms. The van der Waals surface area contributed by atoms with E-state index in [1.54, 1.807) is 17.8 Å². The van der Waals surface area contributed by atoms with E-state index in [-0.39, 0.29) is 0 Å². The monoisotopic (exact) mass is 261 g/mol. The minimum atomic E-state index is 0.669. The predicted molar refractivity (Wildman–Crippen MR) is 72.7 cm³/mol. The molecule has 0 radical (unpaired) electrons. The van der Waals surface area contributed by atoms with Gasteiger partial charge in [-0.1, -0.05) is 30.0 Å². The maximum atomic E-state index is 11.4. The molecule has 0 aliphatic rings. The number of hydrogen-bond donors (Lipinski definition) is 0. The van der Waals surface area contributed by atoms with Crippen LogP contribution in [0.3, 0.4) is 0 Å². The van der Waals surface area contributed by atoms with Gasteiger partial charge < -0.3 is 9.94 Å². The van der Waals surface area contributed by atoms with Gasteiger partial charge in [0.1, 0.15) is 5.75 Å². The molecule has 2 rings (SSSR count). The zero-order valence-electron chi connectivity index (χ0n) is 9.99. The van der Waals surface area contributed by atoms with E-state index in [0.29, 0.717) is 6.61 Å². The molecular weight excluding hydrogens is 246 g/mol. The summed E-state index contributed by atoms with van der Waals surface area (Å²) < 4.78 is 6.47. The van der Waals surface area contributed by atoms with Crippen LogP contribution in [-0.4, -0.2) is 12.4 Å². The molecule has 4 heteroatoms. The summed E-state index contributed by atoms with van der Waals surface area (Å²) in [6, 6.07) is 15.2. The van der Waals surface area contributed by atoms with Crippen LogP contribution in [0.1, 0.15) is 6.42 Å². The van der Waals surface area contributed by atoms with Gasteiger partial charge in [-0.2, -0.15) is 4.73 Å². The fourth-order valence-corrected chi connectivity index (χ4v) is 2.30. The van der Waals surface area contributed by atoms with Crippen molar-refractivity contribution in [3.63, 3.8) is 0 Å². The molecule has 0 aliphatic heterocycles. The first kappa shape index (κ1) is 12.8. The molecule has 0 atom stereocenters. The van der Waals surface area contributed by atoms with Crippen LogP contribution in [0.25, 0.3) is 0 Å². The predicted octanol–water partition coefficient (Wildman–Crippen LogP) is 2.88. The quantitative estimate of drug-likeness (QED) is 0.347. The molecule has 0 unspecified atom stereocenters. The third-order valence-electron chi connectivity index (χ3n) is 2.34. The molecule has 0 aliphatic carbocycles. The van der Waals surface area contributed by atoms with Gasteiger partial charge in [0.15, 0.2) is 6.20 Å². The van der Waals surface area contributed by atoms with Crippen molar-refractivity contribution in [2.24, 2.45) is 0 Å². The summed E-state index contributed by atoms with van der Waals surface area (Å²) in [5.41, 5.74) is 0. The summed E-state index contributed by atoms with van der Waals surface area (Å²) in [6.45, 7) is 0.669. The second-order valence-electron chi connectivity index (χ2n) is 3.73. The largest absolute Gasteiger partial charge is 0.618 e. The van der Waals surface area contributed by atoms with Crippen LogP contribution in [0.15, 0.2) is 59.8 Å². The third kappa shape index (κ3) is 3.96. The van der Waals surface area contributed by atoms with Crippen molar-refractivity contribution in [1.29, 1.82) is 0 Å². The molecular formula is C14H15NO2S. The number of ether oxygens (including phenoxy) is 1. The number of rotatable bonds is 6. The Hall–Kier alpha value is -1.68. The number of aromatic nitrogens is 1. The van der Waals surface area contributed by atoms with E-state index in [1.807, 2.05) is 42.5 Å². The van der Waals surface area contributed by atoms with E-state index in [9.17, 15) is 5.21 Å². The summed E-state index contributed by atoms with van der Waals surface area (Å²) in [7, 11) is 0. The van der Waals surface area contributed by atoms with Crippen LogP contribution in [0.2, 0.25) is 0 Å². The van der Waals surface area contributed by atoms with Crippen LogP contribution in [-0.2, 0) is 0 Å². The van der Waals surface area contributed by atoms with Crippen molar-refractivity contribution in [3.05, 3.63) is 59.9 Å². The molecule has 0 spiro atoms. The highest BCUT2D eigenvalue weighted by Gasteiger charge is 2.03. The first-order chi connectivity index (χ1) is 8.86. The number of pyridine rings is 1. The number of thioether (sulfide) groups is 1. The van der Waals surface area contributed by atoms with Gasteiger partial charge >= 0.3 is 0 Å². The van der Waals surface area contributed by atoms with Crippen molar-refractivity contribution < 1.29 is 9.47 Å². The van der Waals surface area contributed by atoms with Gasteiger partial charge in [-0.15, -0.1) is 0 Å². The smallest absolute Gasteiger partial charge is 0.251 e. The summed E-state index contributed by atoms with van der Waals surface area (Å²) in [6.07, 6.45) is 2.43. The molecule has 0 N–H and O–H groups in total. The first-order valence-electron chi connectivity index (χ1n) is 5.85. The van der Waals surface area contributed by atoms with Gasteiger partial charge in [0.2, 0.25) is 0 Å². The van der Waals surface area contributed by atoms with Crippen LogP contribution in [0.4, 0.5) is 0 Å². The summed E-state index contributed by atoms with van der Waals surface area (Å²) >= 11 is 1.55. The Labute approximate surface area is 111 Å². The Morgan fingerprint density at radius 1 is 1.06 bits per heavy atom. The van der Waals surface area contributed by atoms with Crippen LogP contribution in [0, 0.1) is 5.21 Å². The molecule has 2 aromatic rings. The standard InChI is InChI=1S/C14H15NO2S/c16-15-10-5-4-9-14(15)18-12-6-11-17-13-7-2-1-3-8-13/h1-5,7-10H,6,11-12H2. The molecule has 0 saturated heterocycles. The van der Waals surface area contributed by atoms with Crippen LogP contribution >= 0.6 is 11.8 Å². The van der Waals surface area contributed by atoms with E-state index in [4.69, 9.17) is 4.74 Å². The summed E-state index contributed by atoms with van der Waals surface area (Å²) in [5, 5.41) is 12.1. The summed E-state index contributed by atoms with van der Waals surface area (Å²) in [5.74, 6) is 1.76. The normalized spacial score (nSPS) is 10.2. The second kappa shape index (κ2) is 6.91. The minimum Gasteiger partial charge on any atom is -0.618 e. The number of hydrogen-bond acceptors (Lipinski definition) is 3. The maximum absolute atomic E-state index is 11.4. The Balaban J connectivity index is 1.66. The first-order valence-corrected chi connectivity index (χ1v) is 6.83. The SMILES string of the molecule is [O-][n+]1ccccc1SCCCOc1ccccc1. The fraction of sp³-hybridized carbons (Fsp3) is 0.214. The molecule has 0 fully saturated rings. The second-order valence-corrected chi connectivity index (χ2v) is 4.84. The molecule has 18 heavy (non-hydrogen) atoms. The van der Waals surface area contributed by atoms with Crippen molar-refractivity contribution >= 4 is 11.8 Å². The zero-order valence-corrected chi connectivity index (χ0v) is 10.8. The maximum Gasteiger partial charge on any atom is 0.251 e. The number of nitrogens with zero attached hydrogens (tertiary/aromatic N) is 1. The average molecular weight is 261 g/mol. The molecule has 3 nitrogen and oxygen atoms in total. The number of para-hydroxylation sites is 1.